The van der Waals surface area contributed by atoms with E-state index in [9.17, 15) is 4.79 Å². The lowest BCUT2D eigenvalue weighted by atomic mass is 10.1. The van der Waals surface area contributed by atoms with Crippen molar-refractivity contribution in [2.45, 2.75) is 20.3 Å². The molecule has 1 aliphatic heterocycles. The van der Waals surface area contributed by atoms with E-state index in [4.69, 9.17) is 9.47 Å². The van der Waals surface area contributed by atoms with Crippen molar-refractivity contribution in [3.63, 3.8) is 0 Å². The van der Waals surface area contributed by atoms with Gasteiger partial charge in [-0.25, -0.2) is 0 Å². The van der Waals surface area contributed by atoms with E-state index in [0.29, 0.717) is 18.1 Å². The molecule has 1 fully saturated rings. The summed E-state index contributed by atoms with van der Waals surface area (Å²) in [4.78, 5) is 10.7. The maximum absolute atomic E-state index is 10.7. The van der Waals surface area contributed by atoms with Gasteiger partial charge in [0.1, 0.15) is 12.0 Å². The molecule has 0 N–H and O–H groups in total. The van der Waals surface area contributed by atoms with E-state index in [0.717, 1.165) is 42.8 Å². The Labute approximate surface area is 102 Å². The molecule has 0 bridgehead atoms. The molecule has 0 radical (unpaired) electrons. The number of carbonyl (C=O) groups is 1. The smallest absolute Gasteiger partial charge is 0.150 e. The Bertz CT molecular complexity index is 383. The van der Waals surface area contributed by atoms with Crippen molar-refractivity contribution >= 4 is 6.29 Å². The van der Waals surface area contributed by atoms with E-state index in [1.165, 1.54) is 0 Å². The summed E-state index contributed by atoms with van der Waals surface area (Å²) in [5.74, 6) is 1.40. The second-order valence-corrected chi connectivity index (χ2v) is 4.64. The molecule has 1 aliphatic rings. The number of benzene rings is 1. The van der Waals surface area contributed by atoms with Crippen molar-refractivity contribution in [2.24, 2.45) is 5.92 Å². The summed E-state index contributed by atoms with van der Waals surface area (Å²) in [5, 5.41) is 0. The van der Waals surface area contributed by atoms with Gasteiger partial charge in [-0.1, -0.05) is 0 Å². The van der Waals surface area contributed by atoms with Crippen molar-refractivity contribution < 1.29 is 14.3 Å². The minimum absolute atomic E-state index is 0.500. The van der Waals surface area contributed by atoms with Gasteiger partial charge in [-0.15, -0.1) is 0 Å². The summed E-state index contributed by atoms with van der Waals surface area (Å²) in [7, 11) is 0. The highest BCUT2D eigenvalue weighted by atomic mass is 16.5. The molecule has 1 heterocycles. The molecular weight excluding hydrogens is 216 g/mol. The lowest BCUT2D eigenvalue weighted by molar-refractivity contribution is 0.112. The fourth-order valence-corrected chi connectivity index (χ4v) is 2.20. The molecule has 0 aliphatic carbocycles. The molecule has 92 valence electrons. The highest BCUT2D eigenvalue weighted by molar-refractivity contribution is 5.76. The zero-order chi connectivity index (χ0) is 12.3. The largest absolute Gasteiger partial charge is 0.493 e. The van der Waals surface area contributed by atoms with Crippen LogP contribution in [0.5, 0.6) is 5.75 Å². The van der Waals surface area contributed by atoms with Crippen LogP contribution < -0.4 is 4.74 Å². The molecule has 1 aromatic carbocycles. The van der Waals surface area contributed by atoms with Crippen molar-refractivity contribution in [3.05, 3.63) is 28.8 Å². The van der Waals surface area contributed by atoms with E-state index in [1.807, 2.05) is 26.0 Å². The van der Waals surface area contributed by atoms with E-state index in [1.54, 1.807) is 0 Å². The van der Waals surface area contributed by atoms with Gasteiger partial charge in [0.05, 0.1) is 13.2 Å². The van der Waals surface area contributed by atoms with E-state index >= 15 is 0 Å². The van der Waals surface area contributed by atoms with Crippen molar-refractivity contribution in [2.75, 3.05) is 19.8 Å². The number of aldehydes is 1. The quantitative estimate of drug-likeness (QED) is 0.751. The van der Waals surface area contributed by atoms with Crippen molar-refractivity contribution in [1.29, 1.82) is 0 Å². The van der Waals surface area contributed by atoms with E-state index in [-0.39, 0.29) is 0 Å². The molecule has 3 nitrogen and oxygen atoms in total. The normalized spacial score (nSPS) is 19.3. The Morgan fingerprint density at radius 1 is 1.41 bits per heavy atom. The first-order valence-electron chi connectivity index (χ1n) is 5.97. The van der Waals surface area contributed by atoms with Crippen LogP contribution in [0.25, 0.3) is 0 Å². The standard InChI is InChI=1S/C14H18O3/c1-10-5-13(7-15)6-11(2)14(10)17-9-12-3-4-16-8-12/h5-7,12H,3-4,8-9H2,1-2H3. The van der Waals surface area contributed by atoms with Gasteiger partial charge in [-0.05, 0) is 43.5 Å². The van der Waals surface area contributed by atoms with Gasteiger partial charge in [0.15, 0.2) is 0 Å². The predicted molar refractivity (Wildman–Crippen MR) is 65.7 cm³/mol. The first-order valence-corrected chi connectivity index (χ1v) is 5.97. The number of rotatable bonds is 4. The Morgan fingerprint density at radius 2 is 2.12 bits per heavy atom. The topological polar surface area (TPSA) is 35.5 Å². The highest BCUT2D eigenvalue weighted by Gasteiger charge is 2.17. The summed E-state index contributed by atoms with van der Waals surface area (Å²) < 4.78 is 11.2. The zero-order valence-electron chi connectivity index (χ0n) is 10.4. The van der Waals surface area contributed by atoms with Gasteiger partial charge >= 0.3 is 0 Å². The number of carbonyl (C=O) groups excluding carboxylic acids is 1. The highest BCUT2D eigenvalue weighted by Crippen LogP contribution is 2.25. The molecule has 1 saturated heterocycles. The van der Waals surface area contributed by atoms with Gasteiger partial charge in [0.25, 0.3) is 0 Å². The molecule has 0 spiro atoms. The van der Waals surface area contributed by atoms with Gasteiger partial charge in [0.2, 0.25) is 0 Å². The third-order valence-electron chi connectivity index (χ3n) is 3.11. The van der Waals surface area contributed by atoms with Crippen LogP contribution in [0.3, 0.4) is 0 Å². The van der Waals surface area contributed by atoms with Crippen LogP contribution in [0.1, 0.15) is 27.9 Å². The molecule has 1 atom stereocenters. The van der Waals surface area contributed by atoms with Crippen LogP contribution in [0.15, 0.2) is 12.1 Å². The average Bonchev–Trinajstić information content (AvgIpc) is 2.80. The first kappa shape index (κ1) is 12.1. The molecule has 2 rings (SSSR count). The monoisotopic (exact) mass is 234 g/mol. The van der Waals surface area contributed by atoms with Crippen LogP contribution >= 0.6 is 0 Å². The predicted octanol–water partition coefficient (Wildman–Crippen LogP) is 2.53. The summed E-state index contributed by atoms with van der Waals surface area (Å²) in [6.45, 7) is 6.28. The van der Waals surface area contributed by atoms with Crippen molar-refractivity contribution in [3.8, 4) is 5.75 Å². The Hall–Kier alpha value is -1.35. The SMILES string of the molecule is Cc1cc(C=O)cc(C)c1OCC1CCOC1. The van der Waals surface area contributed by atoms with Crippen molar-refractivity contribution in [1.82, 2.24) is 0 Å². The molecule has 3 heteroatoms. The molecular formula is C14H18O3. The molecule has 1 unspecified atom stereocenters. The second-order valence-electron chi connectivity index (χ2n) is 4.64. The molecule has 0 saturated carbocycles. The van der Waals surface area contributed by atoms with Gasteiger partial charge in [-0.2, -0.15) is 0 Å². The maximum atomic E-state index is 10.7. The van der Waals surface area contributed by atoms with Gasteiger partial charge in [-0.3, -0.25) is 4.79 Å². The summed E-state index contributed by atoms with van der Waals surface area (Å²) >= 11 is 0. The summed E-state index contributed by atoms with van der Waals surface area (Å²) in [6.07, 6.45) is 1.94. The Morgan fingerprint density at radius 3 is 2.65 bits per heavy atom. The minimum Gasteiger partial charge on any atom is -0.493 e. The number of hydrogen-bond donors (Lipinski definition) is 0. The lowest BCUT2D eigenvalue weighted by Gasteiger charge is -2.15. The number of ether oxygens (including phenoxy) is 2. The molecule has 0 amide bonds. The van der Waals surface area contributed by atoms with Crippen LogP contribution in [-0.2, 0) is 4.74 Å². The minimum atomic E-state index is 0.500. The lowest BCUT2D eigenvalue weighted by Crippen LogP contribution is -2.12. The van der Waals surface area contributed by atoms with Crippen LogP contribution in [-0.4, -0.2) is 26.1 Å². The fraction of sp³-hybridized carbons (Fsp3) is 0.500. The average molecular weight is 234 g/mol. The third-order valence-corrected chi connectivity index (χ3v) is 3.11. The Balaban J connectivity index is 2.06. The summed E-state index contributed by atoms with van der Waals surface area (Å²) in [6, 6.07) is 3.72. The third kappa shape index (κ3) is 2.86. The molecule has 17 heavy (non-hydrogen) atoms. The van der Waals surface area contributed by atoms with Crippen LogP contribution in [0.2, 0.25) is 0 Å². The zero-order valence-corrected chi connectivity index (χ0v) is 10.4. The maximum Gasteiger partial charge on any atom is 0.150 e. The second kappa shape index (κ2) is 5.32. The molecule has 0 aromatic heterocycles. The van der Waals surface area contributed by atoms with Gasteiger partial charge in [0, 0.05) is 18.1 Å². The first-order chi connectivity index (χ1) is 8.20. The molecule has 1 aromatic rings. The van der Waals surface area contributed by atoms with Crippen LogP contribution in [0, 0.1) is 19.8 Å². The van der Waals surface area contributed by atoms with E-state index in [2.05, 4.69) is 0 Å². The number of hydrogen-bond acceptors (Lipinski definition) is 3. The van der Waals surface area contributed by atoms with Crippen LogP contribution in [0.4, 0.5) is 0 Å². The summed E-state index contributed by atoms with van der Waals surface area (Å²) in [5.41, 5.74) is 2.74. The van der Waals surface area contributed by atoms with Gasteiger partial charge < -0.3 is 9.47 Å². The fourth-order valence-electron chi connectivity index (χ4n) is 2.20. The Kier molecular flexibility index (Phi) is 3.79. The number of aryl methyl sites for hydroxylation is 2. The van der Waals surface area contributed by atoms with E-state index < -0.39 is 0 Å².